The van der Waals surface area contributed by atoms with Crippen LogP contribution in [0.5, 0.6) is 0 Å². The first-order valence-corrected chi connectivity index (χ1v) is 6.46. The van der Waals surface area contributed by atoms with Crippen LogP contribution in [0.1, 0.15) is 54.9 Å². The van der Waals surface area contributed by atoms with E-state index in [1.165, 1.54) is 0 Å². The van der Waals surface area contributed by atoms with E-state index in [1.807, 2.05) is 6.92 Å². The van der Waals surface area contributed by atoms with Gasteiger partial charge in [0, 0.05) is 11.3 Å². The van der Waals surface area contributed by atoms with Crippen LogP contribution in [0.4, 0.5) is 0 Å². The summed E-state index contributed by atoms with van der Waals surface area (Å²) in [6.45, 7) is 13.6. The summed E-state index contributed by atoms with van der Waals surface area (Å²) in [5.41, 5.74) is -0.519. The zero-order valence-corrected chi connectivity index (χ0v) is 12.3. The van der Waals surface area contributed by atoms with Crippen LogP contribution in [-0.4, -0.2) is 11.8 Å². The van der Waals surface area contributed by atoms with Gasteiger partial charge >= 0.3 is 0 Å². The van der Waals surface area contributed by atoms with Gasteiger partial charge in [0.25, 0.3) is 0 Å². The van der Waals surface area contributed by atoms with Crippen molar-refractivity contribution in [2.24, 2.45) is 23.2 Å². The van der Waals surface area contributed by atoms with Gasteiger partial charge in [-0.1, -0.05) is 54.9 Å². The van der Waals surface area contributed by atoms with Crippen LogP contribution in [0.25, 0.3) is 0 Å². The van der Waals surface area contributed by atoms with Crippen molar-refractivity contribution >= 4 is 11.8 Å². The molecular formula is C14H27NO2. The predicted molar refractivity (Wildman–Crippen MR) is 70.4 cm³/mol. The number of amides is 2. The molecule has 0 aliphatic carbocycles. The largest absolute Gasteiger partial charge is 0.296 e. The van der Waals surface area contributed by atoms with Crippen LogP contribution in [-0.2, 0) is 9.59 Å². The van der Waals surface area contributed by atoms with Crippen molar-refractivity contribution in [2.75, 3.05) is 0 Å². The average molecular weight is 241 g/mol. The zero-order valence-electron chi connectivity index (χ0n) is 12.3. The lowest BCUT2D eigenvalue weighted by Gasteiger charge is -2.26. The maximum atomic E-state index is 12.0. The second kappa shape index (κ2) is 6.18. The van der Waals surface area contributed by atoms with Gasteiger partial charge in [0.05, 0.1) is 0 Å². The summed E-state index contributed by atoms with van der Waals surface area (Å²) >= 11 is 0. The summed E-state index contributed by atoms with van der Waals surface area (Å²) in [5, 5.41) is 2.51. The van der Waals surface area contributed by atoms with E-state index in [1.54, 1.807) is 20.8 Å². The first-order chi connectivity index (χ1) is 7.61. The average Bonchev–Trinajstić information content (AvgIpc) is 2.16. The molecule has 0 aliphatic rings. The Balaban J connectivity index is 4.57. The number of carbonyl (C=O) groups is 2. The molecule has 0 spiro atoms. The SMILES string of the molecule is CC[C@@H](C(C)C)[C@H](C)C(=O)NC(=O)C(C)(C)C. The molecule has 0 radical (unpaired) electrons. The van der Waals surface area contributed by atoms with Crippen molar-refractivity contribution in [3.05, 3.63) is 0 Å². The smallest absolute Gasteiger partial charge is 0.231 e. The highest BCUT2D eigenvalue weighted by Gasteiger charge is 2.29. The second-order valence-corrected chi connectivity index (χ2v) is 6.17. The van der Waals surface area contributed by atoms with Gasteiger partial charge in [0.1, 0.15) is 0 Å². The van der Waals surface area contributed by atoms with Gasteiger partial charge in [-0.2, -0.15) is 0 Å². The van der Waals surface area contributed by atoms with Crippen LogP contribution in [0.2, 0.25) is 0 Å². The monoisotopic (exact) mass is 241 g/mol. The molecule has 0 unspecified atom stereocenters. The van der Waals surface area contributed by atoms with E-state index in [-0.39, 0.29) is 17.7 Å². The third-order valence-electron chi connectivity index (χ3n) is 3.30. The number of hydrogen-bond acceptors (Lipinski definition) is 2. The molecule has 100 valence electrons. The van der Waals surface area contributed by atoms with Crippen LogP contribution in [0.15, 0.2) is 0 Å². The molecule has 0 saturated heterocycles. The first-order valence-electron chi connectivity index (χ1n) is 6.46. The summed E-state index contributed by atoms with van der Waals surface area (Å²) in [6.07, 6.45) is 0.954. The van der Waals surface area contributed by atoms with Crippen LogP contribution >= 0.6 is 0 Å². The number of nitrogens with one attached hydrogen (secondary N) is 1. The third kappa shape index (κ3) is 4.88. The van der Waals surface area contributed by atoms with Gasteiger partial charge in [0.2, 0.25) is 11.8 Å². The number of imide groups is 1. The van der Waals surface area contributed by atoms with Crippen molar-refractivity contribution in [1.82, 2.24) is 5.32 Å². The molecule has 0 aromatic rings. The fraction of sp³-hybridized carbons (Fsp3) is 0.857. The summed E-state index contributed by atoms with van der Waals surface area (Å²) in [4.78, 5) is 23.7. The van der Waals surface area contributed by atoms with Gasteiger partial charge in [-0.3, -0.25) is 14.9 Å². The van der Waals surface area contributed by atoms with Crippen molar-refractivity contribution in [3.63, 3.8) is 0 Å². The Kier molecular flexibility index (Phi) is 5.86. The number of rotatable bonds is 4. The van der Waals surface area contributed by atoms with Crippen LogP contribution in [0.3, 0.4) is 0 Å². The molecule has 3 heteroatoms. The summed E-state index contributed by atoms with van der Waals surface area (Å²) in [7, 11) is 0. The normalized spacial score (nSPS) is 15.5. The molecule has 3 nitrogen and oxygen atoms in total. The summed E-state index contributed by atoms with van der Waals surface area (Å²) < 4.78 is 0. The van der Waals surface area contributed by atoms with Crippen molar-refractivity contribution in [1.29, 1.82) is 0 Å². The quantitative estimate of drug-likeness (QED) is 0.822. The molecule has 0 heterocycles. The lowest BCUT2D eigenvalue weighted by atomic mass is 9.82. The molecule has 0 saturated carbocycles. The molecular weight excluding hydrogens is 214 g/mol. The minimum Gasteiger partial charge on any atom is -0.296 e. The maximum Gasteiger partial charge on any atom is 0.231 e. The highest BCUT2D eigenvalue weighted by atomic mass is 16.2. The van der Waals surface area contributed by atoms with Crippen molar-refractivity contribution < 1.29 is 9.59 Å². The Morgan fingerprint density at radius 3 is 1.88 bits per heavy atom. The van der Waals surface area contributed by atoms with E-state index in [2.05, 4.69) is 26.1 Å². The van der Waals surface area contributed by atoms with Crippen LogP contribution in [0, 0.1) is 23.2 Å². The van der Waals surface area contributed by atoms with Gasteiger partial charge in [0.15, 0.2) is 0 Å². The van der Waals surface area contributed by atoms with Crippen molar-refractivity contribution in [3.8, 4) is 0 Å². The molecule has 2 amide bonds. The Labute approximate surface area is 105 Å². The summed E-state index contributed by atoms with van der Waals surface area (Å²) in [5.74, 6) is 0.304. The Morgan fingerprint density at radius 1 is 1.12 bits per heavy atom. The third-order valence-corrected chi connectivity index (χ3v) is 3.30. The Bertz CT molecular complexity index is 276. The lowest BCUT2D eigenvalue weighted by Crippen LogP contribution is -2.43. The molecule has 0 aliphatic heterocycles. The van der Waals surface area contributed by atoms with Gasteiger partial charge < -0.3 is 0 Å². The molecule has 2 atom stereocenters. The van der Waals surface area contributed by atoms with Crippen molar-refractivity contribution in [2.45, 2.75) is 54.9 Å². The fourth-order valence-electron chi connectivity index (χ4n) is 2.01. The van der Waals surface area contributed by atoms with Gasteiger partial charge in [-0.15, -0.1) is 0 Å². The molecule has 0 rings (SSSR count). The lowest BCUT2D eigenvalue weighted by molar-refractivity contribution is -0.137. The van der Waals surface area contributed by atoms with E-state index in [9.17, 15) is 9.59 Å². The second-order valence-electron chi connectivity index (χ2n) is 6.17. The van der Waals surface area contributed by atoms with Gasteiger partial charge in [-0.05, 0) is 11.8 Å². The van der Waals surface area contributed by atoms with Gasteiger partial charge in [-0.25, -0.2) is 0 Å². The molecule has 0 bridgehead atoms. The molecule has 0 aromatic carbocycles. The topological polar surface area (TPSA) is 46.2 Å². The number of hydrogen-bond donors (Lipinski definition) is 1. The fourth-order valence-corrected chi connectivity index (χ4v) is 2.01. The van der Waals surface area contributed by atoms with E-state index < -0.39 is 5.41 Å². The van der Waals surface area contributed by atoms with E-state index in [0.717, 1.165) is 6.42 Å². The summed E-state index contributed by atoms with van der Waals surface area (Å²) in [6, 6.07) is 0. The highest BCUT2D eigenvalue weighted by Crippen LogP contribution is 2.24. The van der Waals surface area contributed by atoms with E-state index in [0.29, 0.717) is 11.8 Å². The molecule has 0 aromatic heterocycles. The van der Waals surface area contributed by atoms with Crippen LogP contribution < -0.4 is 5.32 Å². The minimum atomic E-state index is -0.519. The standard InChI is InChI=1S/C14H27NO2/c1-8-11(9(2)3)10(4)12(16)15-13(17)14(5,6)7/h9-11H,8H2,1-7H3,(H,15,16,17)/t10-,11-/m0/s1. The highest BCUT2D eigenvalue weighted by molar-refractivity contribution is 5.98. The Morgan fingerprint density at radius 2 is 1.59 bits per heavy atom. The molecule has 1 N–H and O–H groups in total. The maximum absolute atomic E-state index is 12.0. The minimum absolute atomic E-state index is 0.119. The molecule has 0 fully saturated rings. The van der Waals surface area contributed by atoms with E-state index in [4.69, 9.17) is 0 Å². The first kappa shape index (κ1) is 16.1. The van der Waals surface area contributed by atoms with E-state index >= 15 is 0 Å². The number of carbonyl (C=O) groups excluding carboxylic acids is 2. The predicted octanol–water partition coefficient (Wildman–Crippen LogP) is 2.99. The zero-order chi connectivity index (χ0) is 13.8. The molecule has 17 heavy (non-hydrogen) atoms. The Hall–Kier alpha value is -0.860.